The van der Waals surface area contributed by atoms with Gasteiger partial charge in [-0.25, -0.2) is 0 Å². The van der Waals surface area contributed by atoms with Crippen molar-refractivity contribution in [2.45, 2.75) is 33.2 Å². The third-order valence-corrected chi connectivity index (χ3v) is 5.84. The highest BCUT2D eigenvalue weighted by Crippen LogP contribution is 2.36. The molecule has 0 spiro atoms. The fraction of sp³-hybridized carbons (Fsp3) is 0.480. The molecule has 1 saturated heterocycles. The minimum absolute atomic E-state index is 0.0281. The number of carbonyl (C=O) groups excluding carboxylic acids is 1. The maximum Gasteiger partial charge on any atom is 0.231 e. The number of nitrogens with one attached hydrogen (secondary N) is 1. The van der Waals surface area contributed by atoms with Gasteiger partial charge in [0.15, 0.2) is 11.5 Å². The molecule has 0 aromatic heterocycles. The van der Waals surface area contributed by atoms with Crippen LogP contribution < -0.4 is 19.7 Å². The van der Waals surface area contributed by atoms with Crippen molar-refractivity contribution in [3.8, 4) is 11.5 Å². The Morgan fingerprint density at radius 3 is 2.42 bits per heavy atom. The molecule has 1 N–H and O–H groups in total. The topological polar surface area (TPSA) is 54.0 Å². The lowest BCUT2D eigenvalue weighted by Gasteiger charge is -2.40. The minimum Gasteiger partial charge on any atom is -0.454 e. The second-order valence-electron chi connectivity index (χ2n) is 9.53. The van der Waals surface area contributed by atoms with Crippen LogP contribution in [0.5, 0.6) is 11.5 Å². The monoisotopic (exact) mass is 423 g/mol. The number of anilines is 1. The van der Waals surface area contributed by atoms with Gasteiger partial charge in [-0.3, -0.25) is 9.69 Å². The number of para-hydroxylation sites is 1. The lowest BCUT2D eigenvalue weighted by molar-refractivity contribution is -0.123. The van der Waals surface area contributed by atoms with Gasteiger partial charge in [0, 0.05) is 44.8 Å². The average molecular weight is 424 g/mol. The summed E-state index contributed by atoms with van der Waals surface area (Å²) in [5.74, 6) is 1.67. The maximum absolute atomic E-state index is 12.5. The van der Waals surface area contributed by atoms with Crippen molar-refractivity contribution in [2.24, 2.45) is 5.41 Å². The molecule has 0 bridgehead atoms. The molecule has 1 atom stereocenters. The third-order valence-electron chi connectivity index (χ3n) is 5.84. The molecule has 2 aliphatic rings. The molecular weight excluding hydrogens is 390 g/mol. The van der Waals surface area contributed by atoms with Crippen molar-refractivity contribution in [2.75, 3.05) is 44.4 Å². The van der Waals surface area contributed by atoms with Gasteiger partial charge in [-0.15, -0.1) is 0 Å². The molecule has 2 heterocycles. The average Bonchev–Trinajstić information content (AvgIpc) is 3.22. The zero-order chi connectivity index (χ0) is 21.8. The number of carbonyl (C=O) groups is 1. The fourth-order valence-electron chi connectivity index (χ4n) is 4.26. The van der Waals surface area contributed by atoms with E-state index in [0.29, 0.717) is 13.0 Å². The first-order valence-corrected chi connectivity index (χ1v) is 11.1. The molecule has 2 aliphatic heterocycles. The largest absolute Gasteiger partial charge is 0.454 e. The highest BCUT2D eigenvalue weighted by atomic mass is 16.7. The van der Waals surface area contributed by atoms with Crippen molar-refractivity contribution >= 4 is 11.6 Å². The zero-order valence-corrected chi connectivity index (χ0v) is 18.8. The predicted octanol–water partition coefficient (Wildman–Crippen LogP) is 3.83. The number of rotatable bonds is 6. The van der Waals surface area contributed by atoms with Crippen molar-refractivity contribution in [3.63, 3.8) is 0 Å². The number of piperazine rings is 1. The number of hydrogen-bond acceptors (Lipinski definition) is 5. The molecule has 0 aliphatic carbocycles. The number of ether oxygens (including phenoxy) is 2. The van der Waals surface area contributed by atoms with Crippen molar-refractivity contribution in [3.05, 3.63) is 54.1 Å². The maximum atomic E-state index is 12.5. The van der Waals surface area contributed by atoms with Crippen LogP contribution in [0.15, 0.2) is 48.5 Å². The lowest BCUT2D eigenvalue weighted by Crippen LogP contribution is -2.50. The van der Waals surface area contributed by atoms with Gasteiger partial charge in [0.05, 0.1) is 6.04 Å². The normalized spacial score (nSPS) is 17.5. The summed E-state index contributed by atoms with van der Waals surface area (Å²) in [6.07, 6.45) is 0.517. The fourth-order valence-corrected chi connectivity index (χ4v) is 4.26. The Morgan fingerprint density at radius 1 is 1.00 bits per heavy atom. The summed E-state index contributed by atoms with van der Waals surface area (Å²) in [4.78, 5) is 17.4. The van der Waals surface area contributed by atoms with Crippen LogP contribution in [-0.4, -0.2) is 50.3 Å². The van der Waals surface area contributed by atoms with E-state index in [4.69, 9.17) is 9.47 Å². The number of nitrogens with zero attached hydrogens (tertiary/aromatic N) is 2. The van der Waals surface area contributed by atoms with Gasteiger partial charge in [-0.05, 0) is 35.2 Å². The molecule has 6 nitrogen and oxygen atoms in total. The first-order chi connectivity index (χ1) is 14.9. The summed E-state index contributed by atoms with van der Waals surface area (Å²) in [6, 6.07) is 16.8. The van der Waals surface area contributed by atoms with E-state index in [1.807, 2.05) is 6.07 Å². The Kier molecular flexibility index (Phi) is 6.37. The predicted molar refractivity (Wildman–Crippen MR) is 123 cm³/mol. The van der Waals surface area contributed by atoms with Crippen LogP contribution in [0.2, 0.25) is 0 Å². The van der Waals surface area contributed by atoms with E-state index in [1.54, 1.807) is 0 Å². The smallest absolute Gasteiger partial charge is 0.231 e. The third kappa shape index (κ3) is 5.50. The van der Waals surface area contributed by atoms with Crippen LogP contribution in [0.4, 0.5) is 5.69 Å². The van der Waals surface area contributed by atoms with E-state index in [2.05, 4.69) is 78.4 Å². The number of amides is 1. The summed E-state index contributed by atoms with van der Waals surface area (Å²) >= 11 is 0. The standard InChI is InChI=1S/C25H33N3O3/c1-25(2,3)16-24(29)26-17-21(19-9-10-22-23(15-19)31-18-30-22)28-13-11-27(12-14-28)20-7-5-4-6-8-20/h4-10,15,21H,11-14,16-18H2,1-3H3,(H,26,29)/t21-/m1/s1. The summed E-state index contributed by atoms with van der Waals surface area (Å²) in [6.45, 7) is 10.9. The summed E-state index contributed by atoms with van der Waals surface area (Å²) in [5.41, 5.74) is 2.38. The molecule has 31 heavy (non-hydrogen) atoms. The van der Waals surface area contributed by atoms with Crippen LogP contribution in [0, 0.1) is 5.41 Å². The molecule has 2 aromatic carbocycles. The lowest BCUT2D eigenvalue weighted by atomic mass is 9.92. The van der Waals surface area contributed by atoms with Gasteiger partial charge in [0.25, 0.3) is 0 Å². The Labute approximate surface area is 185 Å². The van der Waals surface area contributed by atoms with Crippen molar-refractivity contribution in [1.29, 1.82) is 0 Å². The van der Waals surface area contributed by atoms with Gasteiger partial charge in [-0.2, -0.15) is 0 Å². The zero-order valence-electron chi connectivity index (χ0n) is 18.8. The van der Waals surface area contributed by atoms with Crippen molar-refractivity contribution in [1.82, 2.24) is 10.2 Å². The van der Waals surface area contributed by atoms with Crippen LogP contribution in [0.3, 0.4) is 0 Å². The number of benzene rings is 2. The van der Waals surface area contributed by atoms with Gasteiger partial charge in [-0.1, -0.05) is 45.0 Å². The van der Waals surface area contributed by atoms with Gasteiger partial charge < -0.3 is 19.7 Å². The van der Waals surface area contributed by atoms with E-state index >= 15 is 0 Å². The highest BCUT2D eigenvalue weighted by molar-refractivity contribution is 5.76. The van der Waals surface area contributed by atoms with E-state index in [1.165, 1.54) is 5.69 Å². The first-order valence-electron chi connectivity index (χ1n) is 11.1. The van der Waals surface area contributed by atoms with Gasteiger partial charge >= 0.3 is 0 Å². The molecule has 0 radical (unpaired) electrons. The van der Waals surface area contributed by atoms with Crippen molar-refractivity contribution < 1.29 is 14.3 Å². The van der Waals surface area contributed by atoms with Crippen LogP contribution in [-0.2, 0) is 4.79 Å². The van der Waals surface area contributed by atoms with E-state index in [0.717, 1.165) is 43.2 Å². The molecule has 0 unspecified atom stereocenters. The first kappa shape index (κ1) is 21.5. The Hall–Kier alpha value is -2.73. The number of fused-ring (bicyclic) bond motifs is 1. The van der Waals surface area contributed by atoms with E-state index in [-0.39, 0.29) is 24.2 Å². The van der Waals surface area contributed by atoms with Gasteiger partial charge in [0.1, 0.15) is 0 Å². The Bertz CT molecular complexity index is 887. The van der Waals surface area contributed by atoms with Crippen LogP contribution >= 0.6 is 0 Å². The van der Waals surface area contributed by atoms with E-state index in [9.17, 15) is 4.79 Å². The molecule has 0 saturated carbocycles. The molecule has 2 aromatic rings. The molecule has 6 heteroatoms. The molecule has 4 rings (SSSR count). The molecule has 166 valence electrons. The Morgan fingerprint density at radius 2 is 1.71 bits per heavy atom. The summed E-state index contributed by atoms with van der Waals surface area (Å²) in [7, 11) is 0. The highest BCUT2D eigenvalue weighted by Gasteiger charge is 2.28. The quantitative estimate of drug-likeness (QED) is 0.765. The molecular formula is C25H33N3O3. The van der Waals surface area contributed by atoms with Crippen LogP contribution in [0.1, 0.15) is 38.8 Å². The van der Waals surface area contributed by atoms with Crippen LogP contribution in [0.25, 0.3) is 0 Å². The minimum atomic E-state index is -0.0281. The van der Waals surface area contributed by atoms with E-state index < -0.39 is 0 Å². The molecule has 1 amide bonds. The van der Waals surface area contributed by atoms with Gasteiger partial charge in [0.2, 0.25) is 12.7 Å². The summed E-state index contributed by atoms with van der Waals surface area (Å²) in [5, 5.41) is 3.18. The SMILES string of the molecule is CC(C)(C)CC(=O)NC[C@H](c1ccc2c(c1)OCO2)N1CCN(c2ccccc2)CC1. The second kappa shape index (κ2) is 9.18. The number of hydrogen-bond donors (Lipinski definition) is 1. The Balaban J connectivity index is 1.47. The second-order valence-corrected chi connectivity index (χ2v) is 9.53. The molecule has 1 fully saturated rings. The summed E-state index contributed by atoms with van der Waals surface area (Å²) < 4.78 is 11.1.